The first-order chi connectivity index (χ1) is 8.25. The molecule has 1 aromatic carbocycles. The number of anilines is 1. The van der Waals surface area contributed by atoms with Crippen LogP contribution in [0.3, 0.4) is 0 Å². The van der Waals surface area contributed by atoms with Gasteiger partial charge >= 0.3 is 5.97 Å². The van der Waals surface area contributed by atoms with Gasteiger partial charge in [0.1, 0.15) is 0 Å². The van der Waals surface area contributed by atoms with Gasteiger partial charge in [0.15, 0.2) is 0 Å². The molecule has 5 nitrogen and oxygen atoms in total. The molecular weight excluding hydrogens is 300 g/mol. The number of carbonyl (C=O) groups is 2. The summed E-state index contributed by atoms with van der Waals surface area (Å²) in [5, 5.41) is 12.0. The molecule has 1 aromatic rings. The normalized spacial score (nSPS) is 11.1. The molecule has 0 fully saturated rings. The highest BCUT2D eigenvalue weighted by molar-refractivity contribution is 9.10. The summed E-state index contributed by atoms with van der Waals surface area (Å²) in [5.74, 6) is -1.48. The number of aliphatic carboxylic acids is 1. The number of rotatable bonds is 5. The first-order valence-electron chi connectivity index (χ1n) is 5.31. The highest BCUT2D eigenvalue weighted by atomic mass is 79.9. The second-order valence-corrected chi connectivity index (χ2v) is 5.42. The van der Waals surface area contributed by atoms with Crippen LogP contribution in [-0.2, 0) is 4.79 Å². The van der Waals surface area contributed by atoms with Crippen molar-refractivity contribution < 1.29 is 14.7 Å². The molecular formula is C12H15BrN2O3. The SMILES string of the molecule is CC(C)(CNc1cccc(Br)c1C(N)=O)C(=O)O. The highest BCUT2D eigenvalue weighted by Crippen LogP contribution is 2.25. The number of carbonyl (C=O) groups excluding carboxylic acids is 1. The molecule has 1 rings (SSSR count). The number of nitrogens with two attached hydrogens (primary N) is 1. The fourth-order valence-electron chi connectivity index (χ4n) is 1.31. The van der Waals surface area contributed by atoms with Crippen LogP contribution in [0.4, 0.5) is 5.69 Å². The van der Waals surface area contributed by atoms with E-state index in [9.17, 15) is 9.59 Å². The Kier molecular flexibility index (Phi) is 4.34. The van der Waals surface area contributed by atoms with E-state index in [1.165, 1.54) is 0 Å². The Morgan fingerprint density at radius 1 is 1.44 bits per heavy atom. The molecule has 0 aliphatic carbocycles. The third kappa shape index (κ3) is 3.22. The Bertz CT molecular complexity index is 486. The summed E-state index contributed by atoms with van der Waals surface area (Å²) in [6.07, 6.45) is 0. The third-order valence-corrected chi connectivity index (χ3v) is 3.22. The van der Waals surface area contributed by atoms with Crippen LogP contribution in [0.15, 0.2) is 22.7 Å². The molecule has 0 saturated heterocycles. The van der Waals surface area contributed by atoms with Gasteiger partial charge in [0.05, 0.1) is 11.0 Å². The van der Waals surface area contributed by atoms with Gasteiger partial charge in [-0.25, -0.2) is 0 Å². The van der Waals surface area contributed by atoms with E-state index in [2.05, 4.69) is 21.2 Å². The number of benzene rings is 1. The van der Waals surface area contributed by atoms with Crippen LogP contribution in [-0.4, -0.2) is 23.5 Å². The minimum atomic E-state index is -0.933. The standard InChI is InChI=1S/C12H15BrN2O3/c1-12(2,11(17)18)6-15-8-5-3-4-7(13)9(8)10(14)16/h3-5,15H,6H2,1-2H3,(H2,14,16)(H,17,18). The molecule has 0 radical (unpaired) electrons. The second-order valence-electron chi connectivity index (χ2n) is 4.57. The van der Waals surface area contributed by atoms with Gasteiger partial charge in [-0.05, 0) is 41.9 Å². The summed E-state index contributed by atoms with van der Waals surface area (Å²) in [6.45, 7) is 3.40. The summed E-state index contributed by atoms with van der Waals surface area (Å²) in [6, 6.07) is 5.13. The van der Waals surface area contributed by atoms with Crippen LogP contribution >= 0.6 is 15.9 Å². The Balaban J connectivity index is 2.96. The molecule has 0 saturated carbocycles. The molecule has 98 valence electrons. The van der Waals surface area contributed by atoms with Crippen molar-refractivity contribution in [3.63, 3.8) is 0 Å². The third-order valence-electron chi connectivity index (χ3n) is 2.56. The van der Waals surface area contributed by atoms with E-state index in [-0.39, 0.29) is 6.54 Å². The fraction of sp³-hybridized carbons (Fsp3) is 0.333. The van der Waals surface area contributed by atoms with Gasteiger partial charge in [0.2, 0.25) is 0 Å². The van der Waals surface area contributed by atoms with E-state index in [1.54, 1.807) is 32.0 Å². The number of nitrogens with one attached hydrogen (secondary N) is 1. The van der Waals surface area contributed by atoms with Crippen LogP contribution in [0.25, 0.3) is 0 Å². The Morgan fingerprint density at radius 3 is 2.56 bits per heavy atom. The van der Waals surface area contributed by atoms with E-state index in [0.29, 0.717) is 15.7 Å². The minimum absolute atomic E-state index is 0.194. The van der Waals surface area contributed by atoms with Crippen LogP contribution in [0.1, 0.15) is 24.2 Å². The van der Waals surface area contributed by atoms with Gasteiger partial charge in [0.25, 0.3) is 5.91 Å². The van der Waals surface area contributed by atoms with Gasteiger partial charge in [0, 0.05) is 16.7 Å². The van der Waals surface area contributed by atoms with E-state index in [4.69, 9.17) is 10.8 Å². The second kappa shape index (κ2) is 5.39. The summed E-state index contributed by atoms with van der Waals surface area (Å²) in [7, 11) is 0. The van der Waals surface area contributed by atoms with Crippen molar-refractivity contribution in [1.29, 1.82) is 0 Å². The maximum absolute atomic E-state index is 11.3. The molecule has 0 atom stereocenters. The smallest absolute Gasteiger partial charge is 0.310 e. The van der Waals surface area contributed by atoms with E-state index >= 15 is 0 Å². The number of halogens is 1. The van der Waals surface area contributed by atoms with E-state index in [0.717, 1.165) is 0 Å². The van der Waals surface area contributed by atoms with Crippen LogP contribution in [0, 0.1) is 5.41 Å². The number of primary amides is 1. The summed E-state index contributed by atoms with van der Waals surface area (Å²) in [5.41, 5.74) is 5.19. The number of amides is 1. The Labute approximate surface area is 113 Å². The Hall–Kier alpha value is -1.56. The molecule has 6 heteroatoms. The maximum Gasteiger partial charge on any atom is 0.310 e. The predicted molar refractivity (Wildman–Crippen MR) is 72.6 cm³/mol. The van der Waals surface area contributed by atoms with Crippen LogP contribution in [0.5, 0.6) is 0 Å². The van der Waals surface area contributed by atoms with Crippen molar-refractivity contribution in [2.24, 2.45) is 11.1 Å². The highest BCUT2D eigenvalue weighted by Gasteiger charge is 2.27. The average molecular weight is 315 g/mol. The molecule has 0 unspecified atom stereocenters. The van der Waals surface area contributed by atoms with Crippen molar-refractivity contribution in [3.05, 3.63) is 28.2 Å². The average Bonchev–Trinajstić information content (AvgIpc) is 2.25. The molecule has 0 aliphatic rings. The minimum Gasteiger partial charge on any atom is -0.481 e. The Morgan fingerprint density at radius 2 is 2.06 bits per heavy atom. The van der Waals surface area contributed by atoms with Crippen molar-refractivity contribution in [2.75, 3.05) is 11.9 Å². The van der Waals surface area contributed by atoms with Gasteiger partial charge in [-0.2, -0.15) is 0 Å². The van der Waals surface area contributed by atoms with Gasteiger partial charge in [-0.15, -0.1) is 0 Å². The van der Waals surface area contributed by atoms with Crippen molar-refractivity contribution in [2.45, 2.75) is 13.8 Å². The van der Waals surface area contributed by atoms with E-state index < -0.39 is 17.3 Å². The summed E-state index contributed by atoms with van der Waals surface area (Å²) in [4.78, 5) is 22.3. The van der Waals surface area contributed by atoms with E-state index in [1.807, 2.05) is 0 Å². The molecule has 0 aliphatic heterocycles. The molecule has 18 heavy (non-hydrogen) atoms. The molecule has 1 amide bonds. The molecule has 0 aromatic heterocycles. The van der Waals surface area contributed by atoms with Crippen molar-refractivity contribution in [1.82, 2.24) is 0 Å². The van der Waals surface area contributed by atoms with Crippen molar-refractivity contribution in [3.8, 4) is 0 Å². The predicted octanol–water partition coefficient (Wildman–Crippen LogP) is 2.07. The van der Waals surface area contributed by atoms with Gasteiger partial charge < -0.3 is 16.2 Å². The van der Waals surface area contributed by atoms with Crippen LogP contribution in [0.2, 0.25) is 0 Å². The molecule has 4 N–H and O–H groups in total. The zero-order valence-electron chi connectivity index (χ0n) is 10.2. The van der Waals surface area contributed by atoms with Gasteiger partial charge in [-0.1, -0.05) is 6.07 Å². The lowest BCUT2D eigenvalue weighted by Crippen LogP contribution is -2.32. The summed E-state index contributed by atoms with van der Waals surface area (Å²) >= 11 is 3.24. The quantitative estimate of drug-likeness (QED) is 0.775. The lowest BCUT2D eigenvalue weighted by Gasteiger charge is -2.21. The first-order valence-corrected chi connectivity index (χ1v) is 6.10. The lowest BCUT2D eigenvalue weighted by atomic mass is 9.93. The van der Waals surface area contributed by atoms with Crippen molar-refractivity contribution >= 4 is 33.5 Å². The maximum atomic E-state index is 11.3. The van der Waals surface area contributed by atoms with Gasteiger partial charge in [-0.3, -0.25) is 9.59 Å². The number of hydrogen-bond acceptors (Lipinski definition) is 3. The van der Waals surface area contributed by atoms with Crippen LogP contribution < -0.4 is 11.1 Å². The fourth-order valence-corrected chi connectivity index (χ4v) is 1.88. The molecule has 0 bridgehead atoms. The zero-order chi connectivity index (χ0) is 13.9. The monoisotopic (exact) mass is 314 g/mol. The summed E-state index contributed by atoms with van der Waals surface area (Å²) < 4.78 is 0.577. The topological polar surface area (TPSA) is 92.4 Å². The zero-order valence-corrected chi connectivity index (χ0v) is 11.7. The number of carboxylic acid groups (broad SMARTS) is 1. The number of carboxylic acids is 1. The molecule has 0 heterocycles. The lowest BCUT2D eigenvalue weighted by molar-refractivity contribution is -0.146. The largest absolute Gasteiger partial charge is 0.481 e. The number of hydrogen-bond donors (Lipinski definition) is 3. The molecule has 0 spiro atoms. The first kappa shape index (κ1) is 14.5.